The molecule has 2 atom stereocenters. The van der Waals surface area contributed by atoms with E-state index in [9.17, 15) is 4.39 Å². The van der Waals surface area contributed by atoms with Crippen molar-refractivity contribution in [1.29, 1.82) is 0 Å². The summed E-state index contributed by atoms with van der Waals surface area (Å²) in [6.45, 7) is 0. The van der Waals surface area contributed by atoms with Crippen molar-refractivity contribution in [3.05, 3.63) is 0 Å². The lowest BCUT2D eigenvalue weighted by molar-refractivity contribution is 0.183. The highest BCUT2D eigenvalue weighted by molar-refractivity contribution is 6.66. The van der Waals surface area contributed by atoms with E-state index < -0.39 is 19.2 Å². The quantitative estimate of drug-likeness (QED) is 0.572. The molecule has 0 amide bonds. The average Bonchev–Trinajstić information content (AvgIpc) is 1.97. The molecule has 0 radical (unpaired) electrons. The summed E-state index contributed by atoms with van der Waals surface area (Å²) in [5.74, 6) is 0. The summed E-state index contributed by atoms with van der Waals surface area (Å²) in [6.07, 6.45) is 0.132. The SMILES string of the molecule is FC1(Cl)CCC(Cl)C(Cl)(Cl)C1(Cl)Cl. The van der Waals surface area contributed by atoms with Gasteiger partial charge in [-0.2, -0.15) is 0 Å². The van der Waals surface area contributed by atoms with Gasteiger partial charge in [-0.15, -0.1) is 11.6 Å². The van der Waals surface area contributed by atoms with E-state index >= 15 is 0 Å². The maximum absolute atomic E-state index is 13.6. The molecular formula is C6H5Cl6F. The van der Waals surface area contributed by atoms with E-state index in [1.54, 1.807) is 0 Å². The summed E-state index contributed by atoms with van der Waals surface area (Å²) in [7, 11) is 0. The number of hydrogen-bond donors (Lipinski definition) is 0. The minimum absolute atomic E-state index is 0.0864. The zero-order chi connectivity index (χ0) is 10.5. The molecule has 0 aromatic rings. The molecule has 2 unspecified atom stereocenters. The molecule has 0 spiro atoms. The van der Waals surface area contributed by atoms with Crippen molar-refractivity contribution in [1.82, 2.24) is 0 Å². The van der Waals surface area contributed by atoms with Crippen molar-refractivity contribution in [3.8, 4) is 0 Å². The Morgan fingerprint density at radius 2 is 1.54 bits per heavy atom. The highest BCUT2D eigenvalue weighted by atomic mass is 35.5. The number of hydrogen-bond acceptors (Lipinski definition) is 0. The molecule has 0 nitrogen and oxygen atoms in total. The van der Waals surface area contributed by atoms with E-state index in [0.717, 1.165) is 0 Å². The second-order valence-corrected chi connectivity index (χ2v) is 6.75. The molecule has 1 fully saturated rings. The van der Waals surface area contributed by atoms with Crippen LogP contribution in [0.25, 0.3) is 0 Å². The van der Waals surface area contributed by atoms with Crippen LogP contribution in [-0.2, 0) is 0 Å². The van der Waals surface area contributed by atoms with Crippen molar-refractivity contribution >= 4 is 69.6 Å². The highest BCUT2D eigenvalue weighted by Crippen LogP contribution is 2.61. The molecule has 0 heterocycles. The molecule has 0 N–H and O–H groups in total. The lowest BCUT2D eigenvalue weighted by atomic mass is 9.95. The van der Waals surface area contributed by atoms with E-state index in [1.165, 1.54) is 0 Å². The van der Waals surface area contributed by atoms with Crippen molar-refractivity contribution in [2.45, 2.75) is 32.0 Å². The normalized spacial score (nSPS) is 43.2. The molecule has 0 saturated heterocycles. The van der Waals surface area contributed by atoms with E-state index in [-0.39, 0.29) is 12.8 Å². The fourth-order valence-electron chi connectivity index (χ4n) is 1.09. The second-order valence-electron chi connectivity index (χ2n) is 2.91. The molecule has 13 heavy (non-hydrogen) atoms. The third-order valence-electron chi connectivity index (χ3n) is 1.98. The first kappa shape index (κ1) is 12.7. The van der Waals surface area contributed by atoms with Gasteiger partial charge in [0.25, 0.3) is 0 Å². The Hall–Kier alpha value is 1.67. The third kappa shape index (κ3) is 1.86. The van der Waals surface area contributed by atoms with Crippen LogP contribution in [0.3, 0.4) is 0 Å². The highest BCUT2D eigenvalue weighted by Gasteiger charge is 2.67. The Balaban J connectivity index is 3.07. The lowest BCUT2D eigenvalue weighted by Crippen LogP contribution is -2.58. The van der Waals surface area contributed by atoms with Gasteiger partial charge in [-0.05, 0) is 6.42 Å². The van der Waals surface area contributed by atoms with E-state index in [2.05, 4.69) is 0 Å². The Kier molecular flexibility index (Phi) is 3.53. The van der Waals surface area contributed by atoms with E-state index in [4.69, 9.17) is 69.6 Å². The largest absolute Gasteiger partial charge is 0.223 e. The minimum atomic E-state index is -2.36. The minimum Gasteiger partial charge on any atom is -0.223 e. The van der Waals surface area contributed by atoms with Gasteiger partial charge in [0.2, 0.25) is 5.13 Å². The molecule has 1 aliphatic carbocycles. The van der Waals surface area contributed by atoms with Gasteiger partial charge in [0.05, 0.1) is 5.38 Å². The molecule has 0 aliphatic heterocycles. The molecule has 78 valence electrons. The predicted molar refractivity (Wildman–Crippen MR) is 57.4 cm³/mol. The fourth-order valence-corrected chi connectivity index (χ4v) is 2.80. The number of rotatable bonds is 0. The smallest absolute Gasteiger partial charge is 0.219 e. The van der Waals surface area contributed by atoms with Gasteiger partial charge in [0, 0.05) is 6.42 Å². The van der Waals surface area contributed by atoms with Gasteiger partial charge < -0.3 is 0 Å². The second kappa shape index (κ2) is 3.61. The standard InChI is InChI=1S/C6H5Cl6F/c7-3-1-2-4(8,13)6(11,12)5(3,9)10/h3H,1-2H2. The predicted octanol–water partition coefficient (Wildman–Crippen LogP) is 4.64. The first-order chi connectivity index (χ1) is 5.63. The van der Waals surface area contributed by atoms with Crippen LogP contribution in [0.5, 0.6) is 0 Å². The summed E-state index contributed by atoms with van der Waals surface area (Å²) in [6, 6.07) is 0. The van der Waals surface area contributed by atoms with Crippen LogP contribution in [0.15, 0.2) is 0 Å². The molecule has 1 saturated carbocycles. The van der Waals surface area contributed by atoms with Crippen LogP contribution in [0.1, 0.15) is 12.8 Å². The maximum Gasteiger partial charge on any atom is 0.219 e. The monoisotopic (exact) mass is 306 g/mol. The summed E-state index contributed by atoms with van der Waals surface area (Å²) in [5, 5.41) is -3.08. The van der Waals surface area contributed by atoms with Crippen LogP contribution in [0.4, 0.5) is 4.39 Å². The molecule has 7 heteroatoms. The molecule has 0 bridgehead atoms. The van der Waals surface area contributed by atoms with Crippen LogP contribution >= 0.6 is 69.6 Å². The third-order valence-corrected chi connectivity index (χ3v) is 6.09. The van der Waals surface area contributed by atoms with Gasteiger partial charge >= 0.3 is 0 Å². The van der Waals surface area contributed by atoms with Crippen LogP contribution in [0, 0.1) is 0 Å². The molecular weight excluding hydrogens is 304 g/mol. The van der Waals surface area contributed by atoms with Gasteiger partial charge in [-0.1, -0.05) is 58.0 Å². The van der Waals surface area contributed by atoms with Crippen molar-refractivity contribution in [2.24, 2.45) is 0 Å². The van der Waals surface area contributed by atoms with Gasteiger partial charge in [-0.25, -0.2) is 4.39 Å². The van der Waals surface area contributed by atoms with Gasteiger partial charge in [0.15, 0.2) is 8.67 Å². The van der Waals surface area contributed by atoms with Crippen LogP contribution in [0.2, 0.25) is 0 Å². The van der Waals surface area contributed by atoms with E-state index in [1.807, 2.05) is 0 Å². The average molecular weight is 309 g/mol. The number of halogens is 7. The van der Waals surface area contributed by atoms with Gasteiger partial charge in [-0.3, -0.25) is 0 Å². The van der Waals surface area contributed by atoms with Crippen molar-refractivity contribution < 1.29 is 4.39 Å². The summed E-state index contributed by atoms with van der Waals surface area (Å²) < 4.78 is 9.68. The van der Waals surface area contributed by atoms with Crippen LogP contribution < -0.4 is 0 Å². The molecule has 1 rings (SSSR count). The maximum atomic E-state index is 13.6. The molecule has 1 aliphatic rings. The topological polar surface area (TPSA) is 0 Å². The van der Waals surface area contributed by atoms with Crippen molar-refractivity contribution in [3.63, 3.8) is 0 Å². The Labute approximate surface area is 106 Å². The first-order valence-corrected chi connectivity index (χ1v) is 5.73. The Morgan fingerprint density at radius 3 is 1.92 bits per heavy atom. The molecule has 0 aromatic carbocycles. The van der Waals surface area contributed by atoms with Crippen LogP contribution in [-0.4, -0.2) is 19.2 Å². The zero-order valence-corrected chi connectivity index (χ0v) is 10.7. The van der Waals surface area contributed by atoms with Crippen molar-refractivity contribution in [2.75, 3.05) is 0 Å². The van der Waals surface area contributed by atoms with E-state index in [0.29, 0.717) is 0 Å². The summed E-state index contributed by atoms with van der Waals surface area (Å²) >= 11 is 34.0. The fraction of sp³-hybridized carbons (Fsp3) is 1.00. The summed E-state index contributed by atoms with van der Waals surface area (Å²) in [5.41, 5.74) is 0. The zero-order valence-electron chi connectivity index (χ0n) is 6.14. The number of alkyl halides is 7. The van der Waals surface area contributed by atoms with Gasteiger partial charge in [0.1, 0.15) is 0 Å². The lowest BCUT2D eigenvalue weighted by Gasteiger charge is -2.46. The first-order valence-electron chi connectivity index (χ1n) is 3.40. The molecule has 0 aromatic heterocycles. The Morgan fingerprint density at radius 1 is 1.08 bits per heavy atom. The summed E-state index contributed by atoms with van der Waals surface area (Å²) in [4.78, 5) is 0. The Bertz CT molecular complexity index is 213.